The number of ether oxygens (including phenoxy) is 2. The van der Waals surface area contributed by atoms with Gasteiger partial charge in [-0.25, -0.2) is 0 Å². The predicted molar refractivity (Wildman–Crippen MR) is 110 cm³/mol. The second kappa shape index (κ2) is 10.5. The average molecular weight is 370 g/mol. The summed E-state index contributed by atoms with van der Waals surface area (Å²) in [5.74, 6) is 1.43. The molecular formula is C22H30N2O3. The number of carbonyl (C=O) groups is 1. The molecule has 1 N–H and O–H groups in total. The van der Waals surface area contributed by atoms with E-state index in [0.29, 0.717) is 30.9 Å². The van der Waals surface area contributed by atoms with Crippen LogP contribution in [-0.4, -0.2) is 39.8 Å². The first-order valence-corrected chi connectivity index (χ1v) is 9.37. The van der Waals surface area contributed by atoms with Crippen molar-refractivity contribution in [2.24, 2.45) is 0 Å². The van der Waals surface area contributed by atoms with Crippen LogP contribution in [0.5, 0.6) is 11.5 Å². The van der Waals surface area contributed by atoms with Gasteiger partial charge in [0.2, 0.25) is 5.91 Å². The van der Waals surface area contributed by atoms with Crippen molar-refractivity contribution in [3.8, 4) is 11.5 Å². The molecule has 0 aliphatic carbocycles. The summed E-state index contributed by atoms with van der Waals surface area (Å²) in [6.07, 6.45) is 1.03. The number of amides is 1. The van der Waals surface area contributed by atoms with E-state index in [1.807, 2.05) is 18.2 Å². The Labute approximate surface area is 162 Å². The van der Waals surface area contributed by atoms with Crippen LogP contribution < -0.4 is 19.7 Å². The lowest BCUT2D eigenvalue weighted by molar-refractivity contribution is -0.121. The molecule has 5 nitrogen and oxygen atoms in total. The number of methoxy groups -OCH3 is 2. The van der Waals surface area contributed by atoms with E-state index in [4.69, 9.17) is 9.47 Å². The topological polar surface area (TPSA) is 50.8 Å². The zero-order valence-electron chi connectivity index (χ0n) is 16.7. The van der Waals surface area contributed by atoms with Crippen LogP contribution in [0.25, 0.3) is 0 Å². The molecule has 146 valence electrons. The summed E-state index contributed by atoms with van der Waals surface area (Å²) >= 11 is 0. The lowest BCUT2D eigenvalue weighted by Gasteiger charge is -2.23. The highest BCUT2D eigenvalue weighted by Crippen LogP contribution is 2.31. The molecule has 1 amide bonds. The Hall–Kier alpha value is -2.69. The lowest BCUT2D eigenvalue weighted by Crippen LogP contribution is -2.35. The fourth-order valence-electron chi connectivity index (χ4n) is 3.11. The van der Waals surface area contributed by atoms with Crippen molar-refractivity contribution >= 4 is 11.6 Å². The Morgan fingerprint density at radius 1 is 1.11 bits per heavy atom. The first-order valence-electron chi connectivity index (χ1n) is 9.37. The second-order valence-electron chi connectivity index (χ2n) is 6.42. The van der Waals surface area contributed by atoms with Crippen LogP contribution in [0.15, 0.2) is 42.5 Å². The molecule has 0 atom stereocenters. The zero-order chi connectivity index (χ0) is 19.6. The van der Waals surface area contributed by atoms with Crippen LogP contribution in [0.4, 0.5) is 5.69 Å². The Balaban J connectivity index is 1.83. The summed E-state index contributed by atoms with van der Waals surface area (Å²) in [5.41, 5.74) is 3.40. The second-order valence-corrected chi connectivity index (χ2v) is 6.42. The van der Waals surface area contributed by atoms with Gasteiger partial charge in [0.25, 0.3) is 0 Å². The van der Waals surface area contributed by atoms with Gasteiger partial charge in [0.1, 0.15) is 0 Å². The fourth-order valence-corrected chi connectivity index (χ4v) is 3.11. The number of para-hydroxylation sites is 1. The number of anilines is 1. The lowest BCUT2D eigenvalue weighted by atomic mass is 10.1. The number of nitrogens with one attached hydrogen (secondary N) is 1. The molecule has 0 saturated heterocycles. The number of likely N-dealkylation sites (N-methyl/N-ethyl adjacent to an activating group) is 1. The molecule has 0 radical (unpaired) electrons. The van der Waals surface area contributed by atoms with Crippen molar-refractivity contribution in [2.75, 3.05) is 38.8 Å². The number of aryl methyl sites for hydroxylation is 2. The van der Waals surface area contributed by atoms with Gasteiger partial charge in [0.15, 0.2) is 11.5 Å². The standard InChI is InChI=1S/C22H30N2O3/c1-5-24(19-10-6-8-17(2)16-19)15-14-23-21(25)13-12-18-9-7-11-20(26-3)22(18)27-4/h6-11,16H,5,12-15H2,1-4H3,(H,23,25). The predicted octanol–water partition coefficient (Wildman–Crippen LogP) is 3.59. The van der Waals surface area contributed by atoms with Crippen LogP contribution in [0, 0.1) is 6.92 Å². The first kappa shape index (κ1) is 20.6. The molecule has 0 aromatic heterocycles. The molecule has 2 aromatic rings. The normalized spacial score (nSPS) is 10.4. The first-order chi connectivity index (χ1) is 13.1. The number of nitrogens with zero attached hydrogens (tertiary/aromatic N) is 1. The van der Waals surface area contributed by atoms with Crippen LogP contribution in [0.2, 0.25) is 0 Å². The minimum absolute atomic E-state index is 0.0418. The molecule has 0 aliphatic heterocycles. The third-order valence-electron chi connectivity index (χ3n) is 4.56. The molecule has 0 bridgehead atoms. The Morgan fingerprint density at radius 3 is 2.56 bits per heavy atom. The fraction of sp³-hybridized carbons (Fsp3) is 0.409. The van der Waals surface area contributed by atoms with Gasteiger partial charge in [-0.3, -0.25) is 4.79 Å². The third-order valence-corrected chi connectivity index (χ3v) is 4.56. The minimum atomic E-state index is 0.0418. The number of benzene rings is 2. The molecule has 0 saturated carbocycles. The number of hydrogen-bond donors (Lipinski definition) is 1. The van der Waals surface area contributed by atoms with E-state index in [1.54, 1.807) is 14.2 Å². The third kappa shape index (κ3) is 5.91. The van der Waals surface area contributed by atoms with Crippen molar-refractivity contribution in [3.63, 3.8) is 0 Å². The van der Waals surface area contributed by atoms with Crippen LogP contribution in [0.3, 0.4) is 0 Å². The molecule has 0 unspecified atom stereocenters. The summed E-state index contributed by atoms with van der Waals surface area (Å²) in [4.78, 5) is 14.5. The Bertz CT molecular complexity index is 746. The zero-order valence-corrected chi connectivity index (χ0v) is 16.7. The van der Waals surface area contributed by atoms with Crippen molar-refractivity contribution in [1.29, 1.82) is 0 Å². The molecule has 0 heterocycles. The Kier molecular flexibility index (Phi) is 7.99. The van der Waals surface area contributed by atoms with Crippen LogP contribution in [-0.2, 0) is 11.2 Å². The van der Waals surface area contributed by atoms with E-state index in [2.05, 4.69) is 48.3 Å². The average Bonchev–Trinajstić information content (AvgIpc) is 2.69. The number of rotatable bonds is 10. The largest absolute Gasteiger partial charge is 0.493 e. The SMILES string of the molecule is CCN(CCNC(=O)CCc1cccc(OC)c1OC)c1cccc(C)c1. The highest BCUT2D eigenvalue weighted by atomic mass is 16.5. The minimum Gasteiger partial charge on any atom is -0.493 e. The van der Waals surface area contributed by atoms with E-state index in [9.17, 15) is 4.79 Å². The maximum atomic E-state index is 12.2. The van der Waals surface area contributed by atoms with Crippen molar-refractivity contribution in [2.45, 2.75) is 26.7 Å². The van der Waals surface area contributed by atoms with E-state index < -0.39 is 0 Å². The maximum Gasteiger partial charge on any atom is 0.220 e. The van der Waals surface area contributed by atoms with E-state index in [1.165, 1.54) is 11.3 Å². The Morgan fingerprint density at radius 2 is 1.89 bits per heavy atom. The quantitative estimate of drug-likeness (QED) is 0.694. The van der Waals surface area contributed by atoms with Gasteiger partial charge in [-0.05, 0) is 49.6 Å². The number of hydrogen-bond acceptors (Lipinski definition) is 4. The summed E-state index contributed by atoms with van der Waals surface area (Å²) in [6, 6.07) is 14.2. The molecule has 27 heavy (non-hydrogen) atoms. The van der Waals surface area contributed by atoms with Crippen LogP contribution in [0.1, 0.15) is 24.5 Å². The van der Waals surface area contributed by atoms with E-state index >= 15 is 0 Å². The van der Waals surface area contributed by atoms with Gasteiger partial charge in [-0.2, -0.15) is 0 Å². The monoisotopic (exact) mass is 370 g/mol. The maximum absolute atomic E-state index is 12.2. The van der Waals surface area contributed by atoms with E-state index in [0.717, 1.165) is 18.7 Å². The van der Waals surface area contributed by atoms with Crippen LogP contribution >= 0.6 is 0 Å². The summed E-state index contributed by atoms with van der Waals surface area (Å²) in [5, 5.41) is 3.02. The van der Waals surface area contributed by atoms with Crippen molar-refractivity contribution in [1.82, 2.24) is 5.32 Å². The van der Waals surface area contributed by atoms with Gasteiger partial charge in [-0.15, -0.1) is 0 Å². The molecule has 5 heteroatoms. The smallest absolute Gasteiger partial charge is 0.220 e. The molecule has 0 spiro atoms. The summed E-state index contributed by atoms with van der Waals surface area (Å²) in [6.45, 7) is 6.52. The summed E-state index contributed by atoms with van der Waals surface area (Å²) < 4.78 is 10.7. The molecule has 2 aromatic carbocycles. The molecule has 0 aliphatic rings. The van der Waals surface area contributed by atoms with Gasteiger partial charge in [0.05, 0.1) is 14.2 Å². The molecular weight excluding hydrogens is 340 g/mol. The van der Waals surface area contributed by atoms with Gasteiger partial charge < -0.3 is 19.7 Å². The van der Waals surface area contributed by atoms with Gasteiger partial charge >= 0.3 is 0 Å². The van der Waals surface area contributed by atoms with Crippen molar-refractivity contribution in [3.05, 3.63) is 53.6 Å². The summed E-state index contributed by atoms with van der Waals surface area (Å²) in [7, 11) is 3.23. The number of carbonyl (C=O) groups excluding carboxylic acids is 1. The molecule has 0 fully saturated rings. The molecule has 2 rings (SSSR count). The van der Waals surface area contributed by atoms with Gasteiger partial charge in [-0.1, -0.05) is 24.3 Å². The highest BCUT2D eigenvalue weighted by molar-refractivity contribution is 5.76. The van der Waals surface area contributed by atoms with Crippen molar-refractivity contribution < 1.29 is 14.3 Å². The van der Waals surface area contributed by atoms with E-state index in [-0.39, 0.29) is 5.91 Å². The van der Waals surface area contributed by atoms with Gasteiger partial charge in [0, 0.05) is 31.7 Å². The highest BCUT2D eigenvalue weighted by Gasteiger charge is 2.11.